The molecular formula is C13H14F3N3O2. The lowest BCUT2D eigenvalue weighted by Gasteiger charge is -2.24. The van der Waals surface area contributed by atoms with E-state index in [4.69, 9.17) is 0 Å². The van der Waals surface area contributed by atoms with Crippen molar-refractivity contribution in [3.63, 3.8) is 0 Å². The van der Waals surface area contributed by atoms with E-state index in [-0.39, 0.29) is 18.8 Å². The Morgan fingerprint density at radius 1 is 1.43 bits per heavy atom. The molecule has 114 valence electrons. The van der Waals surface area contributed by atoms with Crippen molar-refractivity contribution in [3.8, 4) is 0 Å². The molecule has 0 aromatic carbocycles. The first kappa shape index (κ1) is 15.3. The molecule has 5 nitrogen and oxygen atoms in total. The maximum atomic E-state index is 12.5. The first-order valence-electron chi connectivity index (χ1n) is 6.40. The second-order valence-electron chi connectivity index (χ2n) is 4.86. The molecule has 1 fully saturated rings. The lowest BCUT2D eigenvalue weighted by molar-refractivity contribution is -0.186. The number of carbonyl (C=O) groups is 2. The summed E-state index contributed by atoms with van der Waals surface area (Å²) in [6, 6.07) is 2.22. The van der Waals surface area contributed by atoms with Gasteiger partial charge in [0.1, 0.15) is 11.9 Å². The maximum absolute atomic E-state index is 12.5. The van der Waals surface area contributed by atoms with Crippen LogP contribution in [0.15, 0.2) is 18.3 Å². The van der Waals surface area contributed by atoms with E-state index in [0.29, 0.717) is 11.3 Å². The highest BCUT2D eigenvalue weighted by Crippen LogP contribution is 2.26. The summed E-state index contributed by atoms with van der Waals surface area (Å²) in [4.78, 5) is 27.8. The van der Waals surface area contributed by atoms with Crippen LogP contribution < -0.4 is 5.32 Å². The molecule has 1 N–H and O–H groups in total. The number of nitrogens with zero attached hydrogens (tertiary/aromatic N) is 2. The molecule has 1 atom stereocenters. The van der Waals surface area contributed by atoms with Crippen LogP contribution in [0.25, 0.3) is 0 Å². The number of hydrogen-bond acceptors (Lipinski definition) is 3. The first-order valence-corrected chi connectivity index (χ1v) is 6.40. The fraction of sp³-hybridized carbons (Fsp3) is 0.462. The van der Waals surface area contributed by atoms with Crippen LogP contribution in [0, 0.1) is 6.92 Å². The van der Waals surface area contributed by atoms with Gasteiger partial charge in [0.05, 0.1) is 0 Å². The van der Waals surface area contributed by atoms with Gasteiger partial charge < -0.3 is 10.2 Å². The van der Waals surface area contributed by atoms with E-state index >= 15 is 0 Å². The van der Waals surface area contributed by atoms with E-state index in [9.17, 15) is 22.8 Å². The van der Waals surface area contributed by atoms with Crippen LogP contribution in [-0.2, 0) is 9.59 Å². The second-order valence-corrected chi connectivity index (χ2v) is 4.86. The molecule has 0 bridgehead atoms. The average molecular weight is 301 g/mol. The maximum Gasteiger partial charge on any atom is 0.471 e. The highest BCUT2D eigenvalue weighted by molar-refractivity contribution is 5.97. The fourth-order valence-electron chi connectivity index (χ4n) is 2.26. The van der Waals surface area contributed by atoms with Crippen molar-refractivity contribution in [2.24, 2.45) is 0 Å². The Balaban J connectivity index is 2.09. The lowest BCUT2D eigenvalue weighted by atomic mass is 10.2. The van der Waals surface area contributed by atoms with E-state index in [2.05, 4.69) is 10.3 Å². The van der Waals surface area contributed by atoms with Gasteiger partial charge in [0.15, 0.2) is 0 Å². The quantitative estimate of drug-likeness (QED) is 0.907. The van der Waals surface area contributed by atoms with Crippen LogP contribution in [0.5, 0.6) is 0 Å². The Morgan fingerprint density at radius 3 is 2.76 bits per heavy atom. The van der Waals surface area contributed by atoms with Gasteiger partial charge in [-0.1, -0.05) is 0 Å². The highest BCUT2D eigenvalue weighted by atomic mass is 19.4. The van der Waals surface area contributed by atoms with Crippen LogP contribution in [-0.4, -0.2) is 40.5 Å². The zero-order valence-corrected chi connectivity index (χ0v) is 11.3. The minimum absolute atomic E-state index is 0.0717. The molecule has 2 rings (SSSR count). The van der Waals surface area contributed by atoms with E-state index in [0.717, 1.165) is 5.56 Å². The molecule has 1 aromatic rings. The third kappa shape index (κ3) is 3.50. The summed E-state index contributed by atoms with van der Waals surface area (Å²) in [5.41, 5.74) is 0.856. The van der Waals surface area contributed by atoms with Crippen molar-refractivity contribution in [2.75, 3.05) is 11.9 Å². The molecule has 21 heavy (non-hydrogen) atoms. The van der Waals surface area contributed by atoms with Crippen LogP contribution in [0.2, 0.25) is 0 Å². The van der Waals surface area contributed by atoms with Crippen molar-refractivity contribution < 1.29 is 22.8 Å². The van der Waals surface area contributed by atoms with Crippen molar-refractivity contribution in [3.05, 3.63) is 23.9 Å². The number of aryl methyl sites for hydroxylation is 1. The Bertz CT molecular complexity index is 560. The van der Waals surface area contributed by atoms with Gasteiger partial charge in [0.2, 0.25) is 5.91 Å². The van der Waals surface area contributed by atoms with Gasteiger partial charge in [-0.2, -0.15) is 13.2 Å². The number of aromatic nitrogens is 1. The zero-order chi connectivity index (χ0) is 15.6. The number of likely N-dealkylation sites (tertiary alicyclic amines) is 1. The standard InChI is InChI=1S/C13H14F3N3O2/c1-8-4-5-17-10(7-8)18-11(20)9-3-2-6-19(9)12(21)13(14,15)16/h4-5,7,9H,2-3,6H2,1H3,(H,17,18,20). The van der Waals surface area contributed by atoms with Crippen molar-refractivity contribution in [2.45, 2.75) is 32.0 Å². The normalized spacial score (nSPS) is 18.7. The summed E-state index contributed by atoms with van der Waals surface area (Å²) >= 11 is 0. The number of halogens is 3. The smallest absolute Gasteiger partial charge is 0.323 e. The van der Waals surface area contributed by atoms with Gasteiger partial charge in [-0.25, -0.2) is 4.98 Å². The summed E-state index contributed by atoms with van der Waals surface area (Å²) in [6.07, 6.45) is -2.91. The molecule has 1 unspecified atom stereocenters. The van der Waals surface area contributed by atoms with E-state index in [1.165, 1.54) is 6.20 Å². The van der Waals surface area contributed by atoms with Gasteiger partial charge in [0.25, 0.3) is 0 Å². The number of nitrogens with one attached hydrogen (secondary N) is 1. The molecule has 1 aliphatic heterocycles. The molecule has 0 spiro atoms. The van der Waals surface area contributed by atoms with E-state index in [1.54, 1.807) is 19.1 Å². The Morgan fingerprint density at radius 2 is 2.14 bits per heavy atom. The average Bonchev–Trinajstić information content (AvgIpc) is 2.85. The molecule has 8 heteroatoms. The van der Waals surface area contributed by atoms with Crippen LogP contribution in [0.1, 0.15) is 18.4 Å². The zero-order valence-electron chi connectivity index (χ0n) is 11.3. The number of carbonyl (C=O) groups excluding carboxylic acids is 2. The van der Waals surface area contributed by atoms with Gasteiger partial charge in [-0.05, 0) is 37.5 Å². The van der Waals surface area contributed by atoms with Gasteiger partial charge >= 0.3 is 12.1 Å². The molecule has 1 saturated heterocycles. The minimum Gasteiger partial charge on any atom is -0.323 e. The molecule has 2 heterocycles. The predicted octanol–water partition coefficient (Wildman–Crippen LogP) is 1.88. The summed E-state index contributed by atoms with van der Waals surface area (Å²) in [6.45, 7) is 1.73. The van der Waals surface area contributed by atoms with Crippen LogP contribution >= 0.6 is 0 Å². The third-order valence-electron chi connectivity index (χ3n) is 3.23. The van der Waals surface area contributed by atoms with Crippen molar-refractivity contribution in [1.29, 1.82) is 0 Å². The largest absolute Gasteiger partial charge is 0.471 e. The number of pyridine rings is 1. The van der Waals surface area contributed by atoms with Gasteiger partial charge in [-0.3, -0.25) is 9.59 Å². The molecule has 0 aliphatic carbocycles. The molecule has 1 aliphatic rings. The summed E-state index contributed by atoms with van der Waals surface area (Å²) < 4.78 is 37.4. The van der Waals surface area contributed by atoms with E-state index < -0.39 is 24.0 Å². The lowest BCUT2D eigenvalue weighted by Crippen LogP contribution is -2.48. The Labute approximate surface area is 119 Å². The minimum atomic E-state index is -4.97. The second kappa shape index (κ2) is 5.71. The molecule has 2 amide bonds. The summed E-state index contributed by atoms with van der Waals surface area (Å²) in [5.74, 6) is -2.37. The first-order chi connectivity index (χ1) is 9.79. The topological polar surface area (TPSA) is 62.3 Å². The predicted molar refractivity (Wildman–Crippen MR) is 68.4 cm³/mol. The highest BCUT2D eigenvalue weighted by Gasteiger charge is 2.47. The Hall–Kier alpha value is -2.12. The molecule has 0 radical (unpaired) electrons. The Kier molecular flexibility index (Phi) is 4.15. The van der Waals surface area contributed by atoms with Crippen molar-refractivity contribution in [1.82, 2.24) is 9.88 Å². The number of alkyl halides is 3. The summed E-state index contributed by atoms with van der Waals surface area (Å²) in [5, 5.41) is 2.45. The van der Waals surface area contributed by atoms with Crippen LogP contribution in [0.3, 0.4) is 0 Å². The van der Waals surface area contributed by atoms with Crippen molar-refractivity contribution >= 4 is 17.6 Å². The summed E-state index contributed by atoms with van der Waals surface area (Å²) in [7, 11) is 0. The third-order valence-corrected chi connectivity index (χ3v) is 3.23. The fourth-order valence-corrected chi connectivity index (χ4v) is 2.26. The molecule has 1 aromatic heterocycles. The van der Waals surface area contributed by atoms with E-state index in [1.807, 2.05) is 0 Å². The molecular weight excluding hydrogens is 287 g/mol. The molecule has 0 saturated carbocycles. The van der Waals surface area contributed by atoms with Gasteiger partial charge in [0, 0.05) is 12.7 Å². The number of anilines is 1. The van der Waals surface area contributed by atoms with Crippen LogP contribution in [0.4, 0.5) is 19.0 Å². The number of rotatable bonds is 2. The number of amides is 2. The van der Waals surface area contributed by atoms with Gasteiger partial charge in [-0.15, -0.1) is 0 Å². The number of hydrogen-bond donors (Lipinski definition) is 1. The monoisotopic (exact) mass is 301 g/mol. The SMILES string of the molecule is Cc1ccnc(NC(=O)C2CCCN2C(=O)C(F)(F)F)c1.